The van der Waals surface area contributed by atoms with Crippen molar-refractivity contribution in [3.63, 3.8) is 0 Å². The van der Waals surface area contributed by atoms with E-state index in [2.05, 4.69) is 0 Å². The predicted octanol–water partition coefficient (Wildman–Crippen LogP) is 0.273. The lowest BCUT2D eigenvalue weighted by molar-refractivity contribution is -0.270. The minimum absolute atomic E-state index is 0.0436. The van der Waals surface area contributed by atoms with Gasteiger partial charge in [0.1, 0.15) is 0 Å². The molecule has 2 atom stereocenters. The average Bonchev–Trinajstić information content (AvgIpc) is 2.34. The van der Waals surface area contributed by atoms with Gasteiger partial charge in [-0.1, -0.05) is 0 Å². The van der Waals surface area contributed by atoms with Crippen molar-refractivity contribution in [3.05, 3.63) is 23.3 Å². The molecule has 0 saturated heterocycles. The van der Waals surface area contributed by atoms with Gasteiger partial charge in [-0.15, -0.1) is 0 Å². The van der Waals surface area contributed by atoms with Crippen LogP contribution in [0.1, 0.15) is 13.3 Å². The SMILES string of the molecule is COC1(C)OC(OC=O)CC2=C1C(=O)C=CC2=O. The molecule has 1 aliphatic heterocycles. The molecular formula is C12H12O6. The summed E-state index contributed by atoms with van der Waals surface area (Å²) >= 11 is 0. The third-order valence-electron chi connectivity index (χ3n) is 3.01. The maximum absolute atomic E-state index is 11.8. The third-order valence-corrected chi connectivity index (χ3v) is 3.01. The molecule has 0 N–H and O–H groups in total. The Hall–Kier alpha value is -1.79. The fraction of sp³-hybridized carbons (Fsp3) is 0.417. The minimum Gasteiger partial charge on any atom is -0.437 e. The summed E-state index contributed by atoms with van der Waals surface area (Å²) in [6, 6.07) is 0. The van der Waals surface area contributed by atoms with E-state index in [-0.39, 0.29) is 35.6 Å². The Balaban J connectivity index is 2.47. The van der Waals surface area contributed by atoms with Gasteiger partial charge < -0.3 is 14.2 Å². The molecule has 2 rings (SSSR count). The van der Waals surface area contributed by atoms with E-state index in [1.165, 1.54) is 26.2 Å². The number of hydrogen-bond donors (Lipinski definition) is 0. The van der Waals surface area contributed by atoms with Crippen LogP contribution in [0.25, 0.3) is 0 Å². The fourth-order valence-corrected chi connectivity index (χ4v) is 2.11. The van der Waals surface area contributed by atoms with Gasteiger partial charge >= 0.3 is 0 Å². The third kappa shape index (κ3) is 1.89. The van der Waals surface area contributed by atoms with Gasteiger partial charge in [0.15, 0.2) is 17.4 Å². The first-order chi connectivity index (χ1) is 8.51. The van der Waals surface area contributed by atoms with Gasteiger partial charge in [-0.2, -0.15) is 0 Å². The second kappa shape index (κ2) is 4.47. The number of methoxy groups -OCH3 is 1. The van der Waals surface area contributed by atoms with Crippen LogP contribution in [0, 0.1) is 0 Å². The smallest absolute Gasteiger partial charge is 0.295 e. The van der Waals surface area contributed by atoms with Gasteiger partial charge in [-0.05, 0) is 19.1 Å². The van der Waals surface area contributed by atoms with E-state index in [0.717, 1.165) is 0 Å². The number of ketones is 2. The van der Waals surface area contributed by atoms with E-state index in [4.69, 9.17) is 14.2 Å². The van der Waals surface area contributed by atoms with Crippen molar-refractivity contribution >= 4 is 18.0 Å². The van der Waals surface area contributed by atoms with Gasteiger partial charge in [-0.3, -0.25) is 14.4 Å². The molecule has 0 spiro atoms. The number of ether oxygens (including phenoxy) is 3. The first-order valence-corrected chi connectivity index (χ1v) is 5.34. The van der Waals surface area contributed by atoms with E-state index < -0.39 is 12.1 Å². The Morgan fingerprint density at radius 2 is 2.06 bits per heavy atom. The summed E-state index contributed by atoms with van der Waals surface area (Å²) in [5, 5.41) is 0. The molecule has 1 heterocycles. The lowest BCUT2D eigenvalue weighted by Crippen LogP contribution is -2.47. The number of carbonyl (C=O) groups excluding carboxylic acids is 3. The van der Waals surface area contributed by atoms with Crippen molar-refractivity contribution in [1.29, 1.82) is 0 Å². The summed E-state index contributed by atoms with van der Waals surface area (Å²) in [6.45, 7) is 1.74. The maximum Gasteiger partial charge on any atom is 0.295 e. The summed E-state index contributed by atoms with van der Waals surface area (Å²) in [5.74, 6) is -2.02. The Morgan fingerprint density at radius 3 is 2.67 bits per heavy atom. The standard InChI is InChI=1S/C12H12O6/c1-12(16-2)11-7(5-10(18-12)17-6-13)8(14)3-4-9(11)15/h3-4,6,10H,5H2,1-2H3. The van der Waals surface area contributed by atoms with E-state index >= 15 is 0 Å². The van der Waals surface area contributed by atoms with Crippen molar-refractivity contribution in [2.24, 2.45) is 0 Å². The monoisotopic (exact) mass is 252 g/mol. The molecule has 0 aromatic carbocycles. The van der Waals surface area contributed by atoms with E-state index in [1.54, 1.807) is 0 Å². The van der Waals surface area contributed by atoms with Gasteiger partial charge in [0.05, 0.1) is 5.57 Å². The van der Waals surface area contributed by atoms with Crippen molar-refractivity contribution < 1.29 is 28.6 Å². The molecule has 18 heavy (non-hydrogen) atoms. The van der Waals surface area contributed by atoms with Crippen LogP contribution >= 0.6 is 0 Å². The molecule has 0 saturated carbocycles. The van der Waals surface area contributed by atoms with Gasteiger partial charge in [0.25, 0.3) is 6.47 Å². The fourth-order valence-electron chi connectivity index (χ4n) is 2.11. The molecule has 0 bridgehead atoms. The summed E-state index contributed by atoms with van der Waals surface area (Å²) in [7, 11) is 1.35. The Morgan fingerprint density at radius 1 is 1.39 bits per heavy atom. The molecule has 96 valence electrons. The highest BCUT2D eigenvalue weighted by Gasteiger charge is 2.46. The molecule has 0 fully saturated rings. The maximum atomic E-state index is 11.8. The zero-order valence-electron chi connectivity index (χ0n) is 9.97. The van der Waals surface area contributed by atoms with Crippen molar-refractivity contribution in [1.82, 2.24) is 0 Å². The first kappa shape index (κ1) is 12.7. The molecule has 0 radical (unpaired) electrons. The van der Waals surface area contributed by atoms with Crippen LogP contribution in [-0.4, -0.2) is 37.2 Å². The molecule has 0 aromatic heterocycles. The second-order valence-electron chi connectivity index (χ2n) is 4.05. The second-order valence-corrected chi connectivity index (χ2v) is 4.05. The van der Waals surface area contributed by atoms with Crippen LogP contribution in [0.2, 0.25) is 0 Å². The summed E-state index contributed by atoms with van der Waals surface area (Å²) in [6.07, 6.45) is 1.49. The highest BCUT2D eigenvalue weighted by atomic mass is 16.8. The largest absolute Gasteiger partial charge is 0.437 e. The molecule has 6 nitrogen and oxygen atoms in total. The Bertz CT molecular complexity index is 475. The summed E-state index contributed by atoms with van der Waals surface area (Å²) in [4.78, 5) is 34.0. The molecule has 1 aliphatic carbocycles. The van der Waals surface area contributed by atoms with Crippen LogP contribution in [0.3, 0.4) is 0 Å². The number of rotatable bonds is 3. The highest BCUT2D eigenvalue weighted by molar-refractivity contribution is 6.21. The predicted molar refractivity (Wildman–Crippen MR) is 58.2 cm³/mol. The van der Waals surface area contributed by atoms with Crippen LogP contribution < -0.4 is 0 Å². The van der Waals surface area contributed by atoms with E-state index in [1.807, 2.05) is 0 Å². The van der Waals surface area contributed by atoms with E-state index in [0.29, 0.717) is 0 Å². The lowest BCUT2D eigenvalue weighted by atomic mass is 9.85. The van der Waals surface area contributed by atoms with Crippen LogP contribution in [0.4, 0.5) is 0 Å². The minimum atomic E-state index is -1.39. The van der Waals surface area contributed by atoms with Crippen molar-refractivity contribution in [2.75, 3.05) is 7.11 Å². The number of allylic oxidation sites excluding steroid dienone is 2. The van der Waals surface area contributed by atoms with E-state index in [9.17, 15) is 14.4 Å². The topological polar surface area (TPSA) is 78.9 Å². The Labute approximate surface area is 103 Å². The molecule has 0 aromatic rings. The summed E-state index contributed by atoms with van der Waals surface area (Å²) < 4.78 is 15.3. The molecule has 2 aliphatic rings. The first-order valence-electron chi connectivity index (χ1n) is 5.34. The number of carbonyl (C=O) groups is 3. The summed E-state index contributed by atoms with van der Waals surface area (Å²) in [5.41, 5.74) is 0.438. The zero-order valence-corrected chi connectivity index (χ0v) is 9.97. The van der Waals surface area contributed by atoms with Crippen LogP contribution in [0.5, 0.6) is 0 Å². The van der Waals surface area contributed by atoms with Gasteiger partial charge in [0, 0.05) is 19.1 Å². The average molecular weight is 252 g/mol. The van der Waals surface area contributed by atoms with Gasteiger partial charge in [0.2, 0.25) is 6.29 Å². The van der Waals surface area contributed by atoms with Crippen molar-refractivity contribution in [3.8, 4) is 0 Å². The molecule has 0 amide bonds. The van der Waals surface area contributed by atoms with Gasteiger partial charge in [-0.25, -0.2) is 0 Å². The molecule has 6 heteroatoms. The molecular weight excluding hydrogens is 240 g/mol. The zero-order chi connectivity index (χ0) is 13.3. The Kier molecular flexibility index (Phi) is 3.14. The van der Waals surface area contributed by atoms with Crippen LogP contribution in [0.15, 0.2) is 23.3 Å². The lowest BCUT2D eigenvalue weighted by Gasteiger charge is -2.39. The highest BCUT2D eigenvalue weighted by Crippen LogP contribution is 2.37. The number of hydrogen-bond acceptors (Lipinski definition) is 6. The van der Waals surface area contributed by atoms with Crippen LogP contribution in [-0.2, 0) is 28.6 Å². The van der Waals surface area contributed by atoms with Crippen molar-refractivity contribution in [2.45, 2.75) is 25.4 Å². The normalized spacial score (nSPS) is 31.3. The quantitative estimate of drug-likeness (QED) is 0.530. The molecule has 2 unspecified atom stereocenters.